The van der Waals surface area contributed by atoms with Crippen molar-refractivity contribution in [3.05, 3.63) is 51.6 Å². The summed E-state index contributed by atoms with van der Waals surface area (Å²) in [7, 11) is 0. The van der Waals surface area contributed by atoms with Gasteiger partial charge in [0.2, 0.25) is 11.3 Å². The lowest BCUT2D eigenvalue weighted by Crippen LogP contribution is -2.52. The van der Waals surface area contributed by atoms with E-state index >= 15 is 0 Å². The van der Waals surface area contributed by atoms with Crippen LogP contribution in [0.1, 0.15) is 48.3 Å². The second-order valence-electron chi connectivity index (χ2n) is 7.79. The summed E-state index contributed by atoms with van der Waals surface area (Å²) in [6.45, 7) is 8.02. The van der Waals surface area contributed by atoms with Crippen LogP contribution in [0.2, 0.25) is 0 Å². The number of amides is 2. The Morgan fingerprint density at radius 3 is 2.74 bits per heavy atom. The monoisotopic (exact) mass is 423 g/mol. The minimum Gasteiger partial charge on any atom is -0.332 e. The number of aromatic nitrogens is 4. The molecule has 0 spiro atoms. The summed E-state index contributed by atoms with van der Waals surface area (Å²) in [5.41, 5.74) is 1.63. The van der Waals surface area contributed by atoms with Crippen LogP contribution in [0.3, 0.4) is 0 Å². The largest absolute Gasteiger partial charge is 0.332 e. The van der Waals surface area contributed by atoms with Crippen LogP contribution in [0.15, 0.2) is 29.2 Å². The molecule has 0 aromatic carbocycles. The van der Waals surface area contributed by atoms with E-state index in [0.29, 0.717) is 35.5 Å². The molecule has 3 aromatic rings. The number of fused-ring (bicyclic) bond motifs is 1. The molecule has 0 bridgehead atoms. The number of carbonyl (C=O) groups excluding carboxylic acids is 2. The van der Waals surface area contributed by atoms with E-state index in [1.165, 1.54) is 10.9 Å². The molecule has 3 N–H and O–H groups in total. The van der Waals surface area contributed by atoms with E-state index in [1.807, 2.05) is 20.8 Å². The van der Waals surface area contributed by atoms with Crippen molar-refractivity contribution in [3.8, 4) is 0 Å². The van der Waals surface area contributed by atoms with E-state index in [9.17, 15) is 14.4 Å². The normalized spacial score (nSPS) is 18.8. The Labute approximate surface area is 178 Å². The number of hydrogen-bond acceptors (Lipinski definition) is 6. The molecular formula is C21H25N7O3. The van der Waals surface area contributed by atoms with Crippen LogP contribution in [0.25, 0.3) is 11.0 Å². The highest BCUT2D eigenvalue weighted by Gasteiger charge is 2.27. The molecule has 1 aliphatic rings. The van der Waals surface area contributed by atoms with E-state index in [2.05, 4.69) is 26.0 Å². The van der Waals surface area contributed by atoms with Crippen molar-refractivity contribution in [3.63, 3.8) is 0 Å². The SMILES string of the molecule is CCn1cc(C(=O)Nc2cc(C)nn2C2NC(=O)CC(C)N2)c(=O)c2ccc(C)nc21. The average Bonchev–Trinajstić information content (AvgIpc) is 3.07. The summed E-state index contributed by atoms with van der Waals surface area (Å²) in [6.07, 6.45) is 1.29. The predicted molar refractivity (Wildman–Crippen MR) is 116 cm³/mol. The molecule has 31 heavy (non-hydrogen) atoms. The molecular weight excluding hydrogens is 398 g/mol. The van der Waals surface area contributed by atoms with Crippen LogP contribution in [0.5, 0.6) is 0 Å². The fourth-order valence-electron chi connectivity index (χ4n) is 3.74. The summed E-state index contributed by atoms with van der Waals surface area (Å²) in [6, 6.07) is 5.10. The zero-order valence-corrected chi connectivity index (χ0v) is 17.9. The third-order valence-electron chi connectivity index (χ3n) is 5.22. The van der Waals surface area contributed by atoms with E-state index in [4.69, 9.17) is 0 Å². The Morgan fingerprint density at radius 2 is 2.03 bits per heavy atom. The molecule has 2 atom stereocenters. The highest BCUT2D eigenvalue weighted by Crippen LogP contribution is 2.18. The van der Waals surface area contributed by atoms with Crippen molar-refractivity contribution >= 4 is 28.7 Å². The van der Waals surface area contributed by atoms with E-state index in [1.54, 1.807) is 29.7 Å². The summed E-state index contributed by atoms with van der Waals surface area (Å²) in [5.74, 6) is -0.283. The lowest BCUT2D eigenvalue weighted by atomic mass is 10.1. The lowest BCUT2D eigenvalue weighted by Gasteiger charge is -2.30. The van der Waals surface area contributed by atoms with Crippen molar-refractivity contribution < 1.29 is 9.59 Å². The molecule has 4 heterocycles. The fraction of sp³-hybridized carbons (Fsp3) is 0.381. The third-order valence-corrected chi connectivity index (χ3v) is 5.22. The first-order valence-corrected chi connectivity index (χ1v) is 10.2. The number of rotatable bonds is 4. The Morgan fingerprint density at radius 1 is 1.26 bits per heavy atom. The van der Waals surface area contributed by atoms with Crippen molar-refractivity contribution in [2.24, 2.45) is 0 Å². The molecule has 1 saturated heterocycles. The Bertz CT molecular complexity index is 1240. The summed E-state index contributed by atoms with van der Waals surface area (Å²) >= 11 is 0. The molecule has 3 aromatic heterocycles. The topological polar surface area (TPSA) is 123 Å². The number of hydrogen-bond donors (Lipinski definition) is 3. The summed E-state index contributed by atoms with van der Waals surface area (Å²) < 4.78 is 3.29. The molecule has 10 nitrogen and oxygen atoms in total. The zero-order valence-electron chi connectivity index (χ0n) is 17.9. The third kappa shape index (κ3) is 3.93. The van der Waals surface area contributed by atoms with Gasteiger partial charge >= 0.3 is 0 Å². The molecule has 4 rings (SSSR count). The zero-order chi connectivity index (χ0) is 22.3. The Hall–Kier alpha value is -3.53. The number of carbonyl (C=O) groups is 2. The van der Waals surface area contributed by atoms with Crippen LogP contribution < -0.4 is 21.4 Å². The first kappa shape index (κ1) is 20.7. The highest BCUT2D eigenvalue weighted by molar-refractivity contribution is 6.05. The van der Waals surface area contributed by atoms with Crippen LogP contribution in [0, 0.1) is 13.8 Å². The highest BCUT2D eigenvalue weighted by atomic mass is 16.2. The number of nitrogens with zero attached hydrogens (tertiary/aromatic N) is 4. The van der Waals surface area contributed by atoms with Gasteiger partial charge in [0.25, 0.3) is 5.91 Å². The van der Waals surface area contributed by atoms with E-state index in [0.717, 1.165) is 5.69 Å². The molecule has 2 amide bonds. The standard InChI is InChI=1S/C21H25N7O3/c1-5-27-10-15(18(30)14-7-6-11(2)22-19(14)27)20(31)24-16-8-13(4)26-28(16)21-23-12(3)9-17(29)25-21/h6-8,10,12,21,23H,5,9H2,1-4H3,(H,24,31)(H,25,29). The van der Waals surface area contributed by atoms with Crippen molar-refractivity contribution in [1.29, 1.82) is 0 Å². The minimum atomic E-state index is -0.601. The number of aryl methyl sites for hydroxylation is 3. The predicted octanol–water partition coefficient (Wildman–Crippen LogP) is 1.44. The fourth-order valence-corrected chi connectivity index (χ4v) is 3.74. The quantitative estimate of drug-likeness (QED) is 0.584. The maximum Gasteiger partial charge on any atom is 0.262 e. The summed E-state index contributed by atoms with van der Waals surface area (Å²) in [4.78, 5) is 42.5. The van der Waals surface area contributed by atoms with Gasteiger partial charge in [-0.1, -0.05) is 0 Å². The van der Waals surface area contributed by atoms with Gasteiger partial charge in [0.15, 0.2) is 6.29 Å². The molecule has 2 unspecified atom stereocenters. The van der Waals surface area contributed by atoms with Gasteiger partial charge in [-0.05, 0) is 39.8 Å². The van der Waals surface area contributed by atoms with Gasteiger partial charge in [0.05, 0.1) is 11.1 Å². The Balaban J connectivity index is 1.71. The number of anilines is 1. The molecule has 0 radical (unpaired) electrons. The lowest BCUT2D eigenvalue weighted by molar-refractivity contribution is -0.125. The van der Waals surface area contributed by atoms with Gasteiger partial charge in [-0.25, -0.2) is 9.67 Å². The second kappa shape index (κ2) is 7.95. The molecule has 1 fully saturated rings. The van der Waals surface area contributed by atoms with E-state index < -0.39 is 12.2 Å². The first-order chi connectivity index (χ1) is 14.8. The van der Waals surface area contributed by atoms with Gasteiger partial charge in [0.1, 0.15) is 17.0 Å². The maximum absolute atomic E-state index is 13.1. The molecule has 0 saturated carbocycles. The minimum absolute atomic E-state index is 0.0133. The van der Waals surface area contributed by atoms with Crippen molar-refractivity contribution in [2.45, 2.75) is 53.0 Å². The molecule has 0 aliphatic carbocycles. The Kier molecular flexibility index (Phi) is 5.32. The first-order valence-electron chi connectivity index (χ1n) is 10.2. The van der Waals surface area contributed by atoms with Crippen molar-refractivity contribution in [1.82, 2.24) is 30.0 Å². The van der Waals surface area contributed by atoms with Gasteiger partial charge in [0, 0.05) is 37.0 Å². The van der Waals surface area contributed by atoms with Crippen LogP contribution >= 0.6 is 0 Å². The summed E-state index contributed by atoms with van der Waals surface area (Å²) in [5, 5.41) is 13.6. The van der Waals surface area contributed by atoms with Crippen LogP contribution in [0.4, 0.5) is 5.82 Å². The molecule has 10 heteroatoms. The number of pyridine rings is 2. The van der Waals surface area contributed by atoms with Crippen LogP contribution in [-0.4, -0.2) is 37.2 Å². The second-order valence-corrected chi connectivity index (χ2v) is 7.79. The van der Waals surface area contributed by atoms with Gasteiger partial charge < -0.3 is 15.2 Å². The smallest absolute Gasteiger partial charge is 0.262 e. The number of nitrogens with one attached hydrogen (secondary N) is 3. The maximum atomic E-state index is 13.1. The molecule has 1 aliphatic heterocycles. The molecule has 162 valence electrons. The average molecular weight is 423 g/mol. The van der Waals surface area contributed by atoms with Crippen molar-refractivity contribution in [2.75, 3.05) is 5.32 Å². The van der Waals surface area contributed by atoms with Gasteiger partial charge in [-0.2, -0.15) is 5.10 Å². The van der Waals surface area contributed by atoms with E-state index in [-0.39, 0.29) is 22.9 Å². The van der Waals surface area contributed by atoms with Gasteiger partial charge in [-0.3, -0.25) is 19.7 Å². The van der Waals surface area contributed by atoms with Crippen LogP contribution in [-0.2, 0) is 11.3 Å². The van der Waals surface area contributed by atoms with Gasteiger partial charge in [-0.15, -0.1) is 0 Å².